The third kappa shape index (κ3) is 2.92. The number of fused-ring (bicyclic) bond motifs is 1. The Balaban J connectivity index is 1.88. The van der Waals surface area contributed by atoms with Crippen molar-refractivity contribution in [3.8, 4) is 0 Å². The lowest BCUT2D eigenvalue weighted by Crippen LogP contribution is -2.27. The van der Waals surface area contributed by atoms with Crippen LogP contribution in [0.5, 0.6) is 0 Å². The first kappa shape index (κ1) is 13.7. The van der Waals surface area contributed by atoms with Gasteiger partial charge in [0.25, 0.3) is 0 Å². The highest BCUT2D eigenvalue weighted by Crippen LogP contribution is 2.27. The Morgan fingerprint density at radius 2 is 2.05 bits per heavy atom. The van der Waals surface area contributed by atoms with Crippen LogP contribution in [0.15, 0.2) is 6.07 Å². The number of carboxylic acid groups (broad SMARTS) is 1. The molecule has 0 spiro atoms. The van der Waals surface area contributed by atoms with Gasteiger partial charge in [-0.1, -0.05) is 0 Å². The molecule has 1 saturated heterocycles. The van der Waals surface area contributed by atoms with Crippen molar-refractivity contribution < 1.29 is 9.90 Å². The number of aromatic nitrogens is 1. The molecule has 1 aromatic rings. The second kappa shape index (κ2) is 6.04. The highest BCUT2D eigenvalue weighted by molar-refractivity contribution is 7.99. The minimum Gasteiger partial charge on any atom is -0.478 e. The van der Waals surface area contributed by atoms with Crippen LogP contribution in [0.25, 0.3) is 0 Å². The predicted molar refractivity (Wildman–Crippen MR) is 81.8 cm³/mol. The molecule has 1 fully saturated rings. The summed E-state index contributed by atoms with van der Waals surface area (Å²) in [4.78, 5) is 16.1. The number of carbonyl (C=O) groups is 1. The fraction of sp³-hybridized carbons (Fsp3) is 0.600. The molecule has 2 heterocycles. The summed E-state index contributed by atoms with van der Waals surface area (Å²) in [7, 11) is 0. The van der Waals surface area contributed by atoms with Gasteiger partial charge in [0.2, 0.25) is 0 Å². The van der Waals surface area contributed by atoms with Crippen molar-refractivity contribution in [1.29, 1.82) is 0 Å². The first-order valence-corrected chi connectivity index (χ1v) is 8.50. The van der Waals surface area contributed by atoms with Crippen molar-refractivity contribution in [2.24, 2.45) is 0 Å². The molecule has 108 valence electrons. The minimum atomic E-state index is -0.876. The number of aryl methyl sites for hydroxylation is 2. The van der Waals surface area contributed by atoms with E-state index in [9.17, 15) is 9.90 Å². The van der Waals surface area contributed by atoms with Crippen LogP contribution in [0, 0.1) is 0 Å². The number of nitrogens with one attached hydrogen (secondary N) is 1. The van der Waals surface area contributed by atoms with E-state index < -0.39 is 5.97 Å². The van der Waals surface area contributed by atoms with E-state index in [4.69, 9.17) is 0 Å². The third-order valence-corrected chi connectivity index (χ3v) is 5.14. The Hall–Kier alpha value is -1.23. The van der Waals surface area contributed by atoms with Crippen LogP contribution in [0.4, 0.5) is 5.82 Å². The summed E-state index contributed by atoms with van der Waals surface area (Å²) in [5, 5.41) is 12.8. The number of pyridine rings is 1. The molecule has 1 aromatic heterocycles. The minimum absolute atomic E-state index is 0.337. The van der Waals surface area contributed by atoms with Crippen molar-refractivity contribution in [3.05, 3.63) is 22.9 Å². The maximum absolute atomic E-state index is 11.5. The number of hydrogen-bond donors (Lipinski definition) is 2. The highest BCUT2D eigenvalue weighted by Gasteiger charge is 2.21. The lowest BCUT2D eigenvalue weighted by Gasteiger charge is -2.25. The zero-order chi connectivity index (χ0) is 13.9. The van der Waals surface area contributed by atoms with Gasteiger partial charge in [0.1, 0.15) is 11.4 Å². The molecular weight excluding hydrogens is 272 g/mol. The van der Waals surface area contributed by atoms with Crippen LogP contribution >= 0.6 is 11.8 Å². The Morgan fingerprint density at radius 1 is 1.30 bits per heavy atom. The van der Waals surface area contributed by atoms with E-state index in [1.54, 1.807) is 0 Å². The molecule has 0 radical (unpaired) electrons. The third-order valence-electron chi connectivity index (χ3n) is 4.09. The van der Waals surface area contributed by atoms with Gasteiger partial charge in [-0.15, -0.1) is 0 Å². The summed E-state index contributed by atoms with van der Waals surface area (Å²) in [5.41, 5.74) is 2.55. The average molecular weight is 292 g/mol. The molecule has 0 saturated carbocycles. The number of thioether (sulfide) groups is 1. The SMILES string of the molecule is O=C(O)c1cc2c(nc1NC1CCSCC1)CCCC2. The molecule has 5 heteroatoms. The lowest BCUT2D eigenvalue weighted by atomic mass is 9.94. The Kier molecular flexibility index (Phi) is 4.15. The van der Waals surface area contributed by atoms with E-state index >= 15 is 0 Å². The van der Waals surface area contributed by atoms with Crippen molar-refractivity contribution in [2.45, 2.75) is 44.6 Å². The lowest BCUT2D eigenvalue weighted by molar-refractivity contribution is 0.0697. The fourth-order valence-electron chi connectivity index (χ4n) is 2.94. The molecule has 1 aliphatic carbocycles. The van der Waals surface area contributed by atoms with E-state index in [1.807, 2.05) is 17.8 Å². The van der Waals surface area contributed by atoms with Crippen molar-refractivity contribution in [1.82, 2.24) is 4.98 Å². The molecule has 4 nitrogen and oxygen atoms in total. The summed E-state index contributed by atoms with van der Waals surface area (Å²) in [6, 6.07) is 2.20. The Bertz CT molecular complexity index is 513. The maximum atomic E-state index is 11.5. The maximum Gasteiger partial charge on any atom is 0.339 e. The monoisotopic (exact) mass is 292 g/mol. The normalized spacial score (nSPS) is 19.4. The van der Waals surface area contributed by atoms with Gasteiger partial charge in [0, 0.05) is 11.7 Å². The molecule has 0 atom stereocenters. The van der Waals surface area contributed by atoms with Crippen LogP contribution in [-0.4, -0.2) is 33.6 Å². The number of nitrogens with zero attached hydrogens (tertiary/aromatic N) is 1. The van der Waals surface area contributed by atoms with Gasteiger partial charge in [-0.3, -0.25) is 0 Å². The summed E-state index contributed by atoms with van der Waals surface area (Å²) >= 11 is 1.97. The van der Waals surface area contributed by atoms with E-state index in [1.165, 1.54) is 0 Å². The largest absolute Gasteiger partial charge is 0.478 e. The van der Waals surface area contributed by atoms with Gasteiger partial charge in [-0.25, -0.2) is 9.78 Å². The van der Waals surface area contributed by atoms with Crippen molar-refractivity contribution in [3.63, 3.8) is 0 Å². The average Bonchev–Trinajstić information content (AvgIpc) is 2.47. The first-order chi connectivity index (χ1) is 9.74. The second-order valence-corrected chi connectivity index (χ2v) is 6.76. The topological polar surface area (TPSA) is 62.2 Å². The number of rotatable bonds is 3. The Labute approximate surface area is 123 Å². The molecule has 2 aliphatic rings. The summed E-state index contributed by atoms with van der Waals surface area (Å²) in [6.07, 6.45) is 6.41. The smallest absolute Gasteiger partial charge is 0.339 e. The zero-order valence-electron chi connectivity index (χ0n) is 11.5. The molecule has 0 bridgehead atoms. The van der Waals surface area contributed by atoms with E-state index in [2.05, 4.69) is 10.3 Å². The molecule has 0 unspecified atom stereocenters. The molecule has 0 aromatic carbocycles. The highest BCUT2D eigenvalue weighted by atomic mass is 32.2. The van der Waals surface area contributed by atoms with E-state index in [-0.39, 0.29) is 0 Å². The van der Waals surface area contributed by atoms with Gasteiger partial charge in [0.15, 0.2) is 0 Å². The van der Waals surface area contributed by atoms with Crippen LogP contribution in [0.2, 0.25) is 0 Å². The second-order valence-electron chi connectivity index (χ2n) is 5.53. The van der Waals surface area contributed by atoms with Gasteiger partial charge >= 0.3 is 5.97 Å². The van der Waals surface area contributed by atoms with Crippen LogP contribution in [0.3, 0.4) is 0 Å². The van der Waals surface area contributed by atoms with Gasteiger partial charge in [-0.05, 0) is 61.7 Å². The van der Waals surface area contributed by atoms with Crippen LogP contribution < -0.4 is 5.32 Å². The number of carboxylic acids is 1. The van der Waals surface area contributed by atoms with Crippen LogP contribution in [-0.2, 0) is 12.8 Å². The summed E-state index contributed by atoms with van der Waals surface area (Å²) < 4.78 is 0. The molecule has 0 amide bonds. The van der Waals surface area contributed by atoms with Gasteiger partial charge < -0.3 is 10.4 Å². The standard InChI is InChI=1S/C15H20N2O2S/c18-15(19)12-9-10-3-1-2-4-13(10)17-14(12)16-11-5-7-20-8-6-11/h9,11H,1-8H2,(H,16,17)(H,18,19). The number of aromatic carboxylic acids is 1. The van der Waals surface area contributed by atoms with E-state index in [0.717, 1.165) is 61.3 Å². The molecule has 1 aliphatic heterocycles. The van der Waals surface area contributed by atoms with Crippen LogP contribution in [0.1, 0.15) is 47.3 Å². The summed E-state index contributed by atoms with van der Waals surface area (Å²) in [6.45, 7) is 0. The van der Waals surface area contributed by atoms with Gasteiger partial charge in [-0.2, -0.15) is 11.8 Å². The summed E-state index contributed by atoms with van der Waals surface area (Å²) in [5.74, 6) is 1.99. The number of anilines is 1. The predicted octanol–water partition coefficient (Wildman–Crippen LogP) is 2.97. The van der Waals surface area contributed by atoms with Gasteiger partial charge in [0.05, 0.1) is 0 Å². The van der Waals surface area contributed by atoms with E-state index in [0.29, 0.717) is 17.4 Å². The molecule has 3 rings (SSSR count). The fourth-order valence-corrected chi connectivity index (χ4v) is 4.05. The first-order valence-electron chi connectivity index (χ1n) is 7.34. The number of hydrogen-bond acceptors (Lipinski definition) is 4. The molecule has 2 N–H and O–H groups in total. The zero-order valence-corrected chi connectivity index (χ0v) is 12.3. The molecule has 20 heavy (non-hydrogen) atoms. The van der Waals surface area contributed by atoms with Crippen molar-refractivity contribution in [2.75, 3.05) is 16.8 Å². The van der Waals surface area contributed by atoms with Crippen molar-refractivity contribution >= 4 is 23.5 Å². The Morgan fingerprint density at radius 3 is 2.80 bits per heavy atom. The quantitative estimate of drug-likeness (QED) is 0.897. The molecular formula is C15H20N2O2S.